The molecule has 0 amide bonds. The maximum Gasteiger partial charge on any atom is -0.147 e. The molecule has 0 bridgehead atoms. The number of hydrogen-bond donors (Lipinski definition) is 0. The van der Waals surface area contributed by atoms with E-state index >= 15 is 0 Å². The molecule has 13 heavy (non-hydrogen) atoms. The van der Waals surface area contributed by atoms with Crippen molar-refractivity contribution in [3.8, 4) is 0 Å². The summed E-state index contributed by atoms with van der Waals surface area (Å²) in [4.78, 5) is 0. The minimum Gasteiger partial charge on any atom is -0.147 e. The Bertz CT molecular complexity index is 222. The quantitative estimate of drug-likeness (QED) is 0.653. The third kappa shape index (κ3) is 3.06. The minimum absolute atomic E-state index is 0. The molecule has 0 nitrogen and oxygen atoms in total. The third-order valence-electron chi connectivity index (χ3n) is 2.90. The van der Waals surface area contributed by atoms with Gasteiger partial charge >= 0.3 is 83.4 Å². The van der Waals surface area contributed by atoms with Gasteiger partial charge in [-0.2, -0.15) is 0 Å². The van der Waals surface area contributed by atoms with E-state index in [-0.39, 0.29) is 47.2 Å². The van der Waals surface area contributed by atoms with Crippen LogP contribution in [0.1, 0.15) is 27.7 Å². The van der Waals surface area contributed by atoms with Crippen LogP contribution in [0, 0.1) is 0 Å². The molecule has 0 saturated carbocycles. The topological polar surface area (TPSA) is 0 Å². The molecule has 0 N–H and O–H groups in total. The van der Waals surface area contributed by atoms with Crippen molar-refractivity contribution in [2.45, 2.75) is 31.3 Å². The van der Waals surface area contributed by atoms with Crippen LogP contribution in [-0.2, 0) is 22.4 Å². The van der Waals surface area contributed by atoms with Crippen molar-refractivity contribution in [1.82, 2.24) is 0 Å². The zero-order valence-corrected chi connectivity index (χ0v) is 15.0. The van der Waals surface area contributed by atoms with Gasteiger partial charge in [-0.05, 0) is 0 Å². The Hall–Kier alpha value is 1.16. The predicted molar refractivity (Wildman–Crippen MR) is 64.9 cm³/mol. The Kier molecular flexibility index (Phi) is 8.43. The van der Waals surface area contributed by atoms with Crippen LogP contribution in [0.5, 0.6) is 0 Å². The summed E-state index contributed by atoms with van der Waals surface area (Å²) in [6, 6.07) is 0. The molecule has 1 rings (SSSR count). The van der Waals surface area contributed by atoms with Gasteiger partial charge in [-0.3, -0.25) is 0 Å². The molecule has 0 fully saturated rings. The Morgan fingerprint density at radius 1 is 0.923 bits per heavy atom. The fourth-order valence-electron chi connectivity index (χ4n) is 1.78. The maximum atomic E-state index is 2.33. The van der Waals surface area contributed by atoms with Gasteiger partial charge in [0.1, 0.15) is 0 Å². The Morgan fingerprint density at radius 3 is 1.38 bits per heavy atom. The van der Waals surface area contributed by atoms with Crippen LogP contribution < -0.4 is 0 Å². The molecule has 4 heteroatoms. The van der Waals surface area contributed by atoms with Gasteiger partial charge in [-0.15, -0.1) is 24.8 Å². The average Bonchev–Trinajstić information content (AvgIpc) is 2.17. The van der Waals surface area contributed by atoms with E-state index in [1.807, 2.05) is 0 Å². The van der Waals surface area contributed by atoms with E-state index < -0.39 is 0 Å². The van der Waals surface area contributed by atoms with E-state index in [4.69, 9.17) is 0 Å². The van der Waals surface area contributed by atoms with Crippen LogP contribution in [0.2, 0.25) is 3.63 Å². The molecule has 0 saturated heterocycles. The van der Waals surface area contributed by atoms with Crippen LogP contribution in [0.4, 0.5) is 0 Å². The first-order chi connectivity index (χ1) is 5.09. The second kappa shape index (κ2) is 6.61. The molecule has 0 spiro atoms. The average molecular weight is 316 g/mol. The molecule has 0 aromatic heterocycles. The van der Waals surface area contributed by atoms with Gasteiger partial charge in [0, 0.05) is 0 Å². The summed E-state index contributed by atoms with van der Waals surface area (Å²) < 4.78 is 0.977. The molecule has 0 atom stereocenters. The van der Waals surface area contributed by atoms with Crippen LogP contribution >= 0.6 is 24.8 Å². The largest absolute Gasteiger partial charge is 0.147 e. The molecule has 0 aliphatic heterocycles. The van der Waals surface area contributed by atoms with Gasteiger partial charge in [0.2, 0.25) is 0 Å². The Balaban J connectivity index is 0. The summed E-state index contributed by atoms with van der Waals surface area (Å²) in [6.07, 6.45) is 0. The molecule has 0 aromatic carbocycles. The van der Waals surface area contributed by atoms with Crippen molar-refractivity contribution < 1.29 is 22.4 Å². The Labute approximate surface area is 107 Å². The molecule has 0 aromatic rings. The normalized spacial score (nSPS) is 17.2. The van der Waals surface area contributed by atoms with E-state index in [0.29, 0.717) is 0 Å². The summed E-state index contributed by atoms with van der Waals surface area (Å²) in [6.45, 7) is 9.23. The molecule has 0 heterocycles. The van der Waals surface area contributed by atoms with Gasteiger partial charge in [0.25, 0.3) is 0 Å². The molecule has 1 aliphatic rings. The van der Waals surface area contributed by atoms with E-state index in [2.05, 4.69) is 27.7 Å². The maximum absolute atomic E-state index is 2.33. The van der Waals surface area contributed by atoms with E-state index in [1.165, 1.54) is 7.37 Å². The SMILES string of the molecule is CC1=C(C)[CH]([Zr][SiH3])C(C)=C1C.Cl.Cl. The number of allylic oxidation sites excluding steroid dienone is 4. The molecule has 1 aliphatic carbocycles. The molecule has 0 radical (unpaired) electrons. The monoisotopic (exact) mass is 314 g/mol. The fourth-order valence-corrected chi connectivity index (χ4v) is 10.1. The number of halogens is 2. The van der Waals surface area contributed by atoms with Gasteiger partial charge in [0.05, 0.1) is 0 Å². The van der Waals surface area contributed by atoms with Crippen LogP contribution in [0.3, 0.4) is 0 Å². The predicted octanol–water partition coefficient (Wildman–Crippen LogP) is 2.67. The molecule has 0 unspecified atom stereocenters. The molecular formula is C9H18Cl2SiZr. The second-order valence-corrected chi connectivity index (χ2v) is 9.59. The summed E-state index contributed by atoms with van der Waals surface area (Å²) >= 11 is -0.000326. The van der Waals surface area contributed by atoms with E-state index in [1.54, 1.807) is 22.3 Å². The van der Waals surface area contributed by atoms with Crippen LogP contribution in [0.25, 0.3) is 0 Å². The standard InChI is InChI=1S/C9H13.2ClH.H3Si.Zr/c1-6-5-7(2)9(4)8(6)3;;;;/h5H,1-4H3;2*1H;1H3;. The Morgan fingerprint density at radius 2 is 1.23 bits per heavy atom. The zero-order valence-electron chi connectivity index (χ0n) is 8.89. The van der Waals surface area contributed by atoms with Crippen LogP contribution in [0.15, 0.2) is 22.3 Å². The number of rotatable bonds is 1. The fraction of sp³-hybridized carbons (Fsp3) is 0.556. The number of hydrogen-bond acceptors (Lipinski definition) is 0. The van der Waals surface area contributed by atoms with Gasteiger partial charge in [-0.1, -0.05) is 0 Å². The van der Waals surface area contributed by atoms with Crippen molar-refractivity contribution in [1.29, 1.82) is 0 Å². The van der Waals surface area contributed by atoms with E-state index in [0.717, 1.165) is 3.63 Å². The molecule has 76 valence electrons. The summed E-state index contributed by atoms with van der Waals surface area (Å²) in [5.74, 6) is 0. The van der Waals surface area contributed by atoms with Crippen molar-refractivity contribution in [3.05, 3.63) is 22.3 Å². The van der Waals surface area contributed by atoms with Gasteiger partial charge in [-0.25, -0.2) is 0 Å². The first kappa shape index (κ1) is 16.6. The first-order valence-electron chi connectivity index (χ1n) is 4.12. The summed E-state index contributed by atoms with van der Waals surface area (Å²) in [7, 11) is 1.49. The minimum atomic E-state index is -0.000326. The molecular weight excluding hydrogens is 298 g/mol. The smallest absolute Gasteiger partial charge is 0.147 e. The second-order valence-electron chi connectivity index (χ2n) is 3.34. The third-order valence-corrected chi connectivity index (χ3v) is 9.86. The van der Waals surface area contributed by atoms with Crippen molar-refractivity contribution in [3.63, 3.8) is 0 Å². The first-order valence-corrected chi connectivity index (χ1v) is 13.9. The summed E-state index contributed by atoms with van der Waals surface area (Å²) in [5, 5.41) is 0. The van der Waals surface area contributed by atoms with Crippen LogP contribution in [-0.4, -0.2) is 7.37 Å². The van der Waals surface area contributed by atoms with Crippen molar-refractivity contribution >= 4 is 32.2 Å². The van der Waals surface area contributed by atoms with E-state index in [9.17, 15) is 0 Å². The summed E-state index contributed by atoms with van der Waals surface area (Å²) in [5.41, 5.74) is 6.57. The van der Waals surface area contributed by atoms with Gasteiger partial charge in [0.15, 0.2) is 0 Å². The van der Waals surface area contributed by atoms with Crippen molar-refractivity contribution in [2.75, 3.05) is 0 Å². The van der Waals surface area contributed by atoms with Gasteiger partial charge < -0.3 is 0 Å². The zero-order chi connectivity index (χ0) is 8.59. The van der Waals surface area contributed by atoms with Crippen molar-refractivity contribution in [2.24, 2.45) is 0 Å².